The molecule has 3 rings (SSSR count). The summed E-state index contributed by atoms with van der Waals surface area (Å²) in [5.74, 6) is 0.162. The van der Waals surface area contributed by atoms with Crippen LogP contribution in [0, 0.1) is 0 Å². The number of esters is 1. The van der Waals surface area contributed by atoms with Gasteiger partial charge in [0.2, 0.25) is 0 Å². The van der Waals surface area contributed by atoms with Crippen LogP contribution in [0.5, 0.6) is 5.75 Å². The number of nitrogens with one attached hydrogen (secondary N) is 1. The van der Waals surface area contributed by atoms with E-state index in [2.05, 4.69) is 5.32 Å². The summed E-state index contributed by atoms with van der Waals surface area (Å²) < 4.78 is 10.9. The van der Waals surface area contributed by atoms with Gasteiger partial charge in [-0.25, -0.2) is 4.79 Å². The quantitative estimate of drug-likeness (QED) is 0.882. The Balaban J connectivity index is 1.72. The van der Waals surface area contributed by atoms with Crippen LogP contribution in [0.1, 0.15) is 15.9 Å². The molecule has 0 fully saturated rings. The van der Waals surface area contributed by atoms with Gasteiger partial charge in [0.15, 0.2) is 5.75 Å². The number of halogens is 1. The lowest BCUT2D eigenvalue weighted by molar-refractivity contribution is 0.0468. The molecule has 0 aromatic heterocycles. The van der Waals surface area contributed by atoms with Gasteiger partial charge in [0.25, 0.3) is 0 Å². The van der Waals surface area contributed by atoms with Gasteiger partial charge in [-0.1, -0.05) is 29.8 Å². The maximum atomic E-state index is 12.2. The number of benzene rings is 2. The fourth-order valence-corrected chi connectivity index (χ4v) is 2.26. The Morgan fingerprint density at radius 1 is 1.24 bits per heavy atom. The first-order valence-corrected chi connectivity index (χ1v) is 7.03. The second kappa shape index (κ2) is 6.06. The van der Waals surface area contributed by atoms with Crippen molar-refractivity contribution in [2.24, 2.45) is 0 Å². The zero-order valence-electron chi connectivity index (χ0n) is 11.3. The van der Waals surface area contributed by atoms with Crippen molar-refractivity contribution in [3.05, 3.63) is 58.6 Å². The van der Waals surface area contributed by atoms with Crippen LogP contribution in [0.4, 0.5) is 5.69 Å². The summed E-state index contributed by atoms with van der Waals surface area (Å²) in [4.78, 5) is 12.2. The molecule has 0 unspecified atom stereocenters. The molecule has 1 heterocycles. The maximum absolute atomic E-state index is 12.2. The van der Waals surface area contributed by atoms with Crippen molar-refractivity contribution in [2.75, 3.05) is 18.5 Å². The SMILES string of the molecule is O=C(OCc1ccc(Cl)cc1)c1cccc2c1OCCN2. The molecule has 0 saturated carbocycles. The van der Waals surface area contributed by atoms with Crippen LogP contribution in [0.15, 0.2) is 42.5 Å². The maximum Gasteiger partial charge on any atom is 0.342 e. The van der Waals surface area contributed by atoms with Gasteiger partial charge in [-0.3, -0.25) is 0 Å². The summed E-state index contributed by atoms with van der Waals surface area (Å²) in [7, 11) is 0. The van der Waals surface area contributed by atoms with Crippen LogP contribution in [0.3, 0.4) is 0 Å². The largest absolute Gasteiger partial charge is 0.489 e. The molecule has 5 heteroatoms. The summed E-state index contributed by atoms with van der Waals surface area (Å²) in [6, 6.07) is 12.6. The zero-order chi connectivity index (χ0) is 14.7. The van der Waals surface area contributed by atoms with Crippen molar-refractivity contribution < 1.29 is 14.3 Å². The van der Waals surface area contributed by atoms with Gasteiger partial charge in [-0.05, 0) is 29.8 Å². The van der Waals surface area contributed by atoms with Crippen molar-refractivity contribution in [3.8, 4) is 5.75 Å². The zero-order valence-corrected chi connectivity index (χ0v) is 12.0. The standard InChI is InChI=1S/C16H14ClNO3/c17-12-6-4-11(5-7-12)10-21-16(19)13-2-1-3-14-15(13)20-9-8-18-14/h1-7,18H,8-10H2. The van der Waals surface area contributed by atoms with E-state index in [0.29, 0.717) is 22.9 Å². The lowest BCUT2D eigenvalue weighted by Crippen LogP contribution is -2.20. The van der Waals surface area contributed by atoms with Crippen LogP contribution in [-0.2, 0) is 11.3 Å². The number of hydrogen-bond acceptors (Lipinski definition) is 4. The van der Waals surface area contributed by atoms with Crippen molar-refractivity contribution in [3.63, 3.8) is 0 Å². The number of anilines is 1. The number of carbonyl (C=O) groups excluding carboxylic acids is 1. The molecule has 0 aliphatic carbocycles. The Kier molecular flexibility index (Phi) is 3.97. The molecule has 2 aromatic rings. The topological polar surface area (TPSA) is 47.6 Å². The molecule has 2 aromatic carbocycles. The van der Waals surface area contributed by atoms with E-state index in [0.717, 1.165) is 17.8 Å². The highest BCUT2D eigenvalue weighted by Crippen LogP contribution is 2.31. The first-order valence-electron chi connectivity index (χ1n) is 6.65. The number of carbonyl (C=O) groups is 1. The number of hydrogen-bond donors (Lipinski definition) is 1. The normalized spacial score (nSPS) is 12.8. The molecule has 0 atom stereocenters. The highest BCUT2D eigenvalue weighted by molar-refractivity contribution is 6.30. The van der Waals surface area contributed by atoms with Gasteiger partial charge < -0.3 is 14.8 Å². The van der Waals surface area contributed by atoms with Gasteiger partial charge in [0, 0.05) is 11.6 Å². The Bertz CT molecular complexity index is 655. The average molecular weight is 304 g/mol. The summed E-state index contributed by atoms with van der Waals surface area (Å²) in [6.45, 7) is 1.47. The van der Waals surface area contributed by atoms with E-state index >= 15 is 0 Å². The smallest absolute Gasteiger partial charge is 0.342 e. The number of para-hydroxylation sites is 1. The number of ether oxygens (including phenoxy) is 2. The second-order valence-corrected chi connectivity index (χ2v) is 5.10. The predicted octanol–water partition coefficient (Wildman–Crippen LogP) is 3.50. The first kappa shape index (κ1) is 13.8. The minimum atomic E-state index is -0.398. The lowest BCUT2D eigenvalue weighted by atomic mass is 10.1. The Hall–Kier alpha value is -2.20. The van der Waals surface area contributed by atoms with Crippen molar-refractivity contribution in [1.82, 2.24) is 0 Å². The van der Waals surface area contributed by atoms with Crippen LogP contribution in [-0.4, -0.2) is 19.1 Å². The molecule has 1 N–H and O–H groups in total. The van der Waals surface area contributed by atoms with Gasteiger partial charge in [-0.15, -0.1) is 0 Å². The lowest BCUT2D eigenvalue weighted by Gasteiger charge is -2.21. The van der Waals surface area contributed by atoms with Crippen LogP contribution < -0.4 is 10.1 Å². The van der Waals surface area contributed by atoms with Gasteiger partial charge >= 0.3 is 5.97 Å². The Labute approximate surface area is 127 Å². The molecule has 0 saturated heterocycles. The molecule has 108 valence electrons. The number of rotatable bonds is 3. The molecule has 4 nitrogen and oxygen atoms in total. The predicted molar refractivity (Wildman–Crippen MR) is 81.0 cm³/mol. The van der Waals surface area contributed by atoms with Crippen LogP contribution in [0.2, 0.25) is 5.02 Å². The molecule has 21 heavy (non-hydrogen) atoms. The Morgan fingerprint density at radius 2 is 2.05 bits per heavy atom. The first-order chi connectivity index (χ1) is 10.2. The summed E-state index contributed by atoms with van der Waals surface area (Å²) in [5.41, 5.74) is 2.15. The minimum absolute atomic E-state index is 0.201. The van der Waals surface area contributed by atoms with Crippen molar-refractivity contribution in [2.45, 2.75) is 6.61 Å². The summed E-state index contributed by atoms with van der Waals surface area (Å²) in [6.07, 6.45) is 0. The van der Waals surface area contributed by atoms with E-state index in [9.17, 15) is 4.79 Å². The van der Waals surface area contributed by atoms with Crippen molar-refractivity contribution >= 4 is 23.3 Å². The van der Waals surface area contributed by atoms with E-state index in [1.54, 1.807) is 24.3 Å². The van der Waals surface area contributed by atoms with Crippen LogP contribution in [0.25, 0.3) is 0 Å². The molecule has 0 radical (unpaired) electrons. The molecule has 0 spiro atoms. The van der Waals surface area contributed by atoms with E-state index in [4.69, 9.17) is 21.1 Å². The van der Waals surface area contributed by atoms with Gasteiger partial charge in [0.1, 0.15) is 18.8 Å². The van der Waals surface area contributed by atoms with E-state index < -0.39 is 5.97 Å². The monoisotopic (exact) mass is 303 g/mol. The average Bonchev–Trinajstić information content (AvgIpc) is 2.53. The Morgan fingerprint density at radius 3 is 2.86 bits per heavy atom. The van der Waals surface area contributed by atoms with E-state index in [1.807, 2.05) is 18.2 Å². The fraction of sp³-hybridized carbons (Fsp3) is 0.188. The highest BCUT2D eigenvalue weighted by Gasteiger charge is 2.20. The third-order valence-electron chi connectivity index (χ3n) is 3.18. The summed E-state index contributed by atoms with van der Waals surface area (Å²) >= 11 is 5.82. The second-order valence-electron chi connectivity index (χ2n) is 4.66. The fourth-order valence-electron chi connectivity index (χ4n) is 2.14. The van der Waals surface area contributed by atoms with E-state index in [1.165, 1.54) is 0 Å². The minimum Gasteiger partial charge on any atom is -0.489 e. The molecule has 1 aliphatic rings. The van der Waals surface area contributed by atoms with Gasteiger partial charge in [-0.2, -0.15) is 0 Å². The molecule has 0 amide bonds. The van der Waals surface area contributed by atoms with Gasteiger partial charge in [0.05, 0.1) is 5.69 Å². The van der Waals surface area contributed by atoms with Crippen LogP contribution >= 0.6 is 11.6 Å². The van der Waals surface area contributed by atoms with Crippen molar-refractivity contribution in [1.29, 1.82) is 0 Å². The third-order valence-corrected chi connectivity index (χ3v) is 3.43. The summed E-state index contributed by atoms with van der Waals surface area (Å²) in [5, 5.41) is 3.84. The highest BCUT2D eigenvalue weighted by atomic mass is 35.5. The molecular weight excluding hydrogens is 290 g/mol. The molecule has 0 bridgehead atoms. The number of fused-ring (bicyclic) bond motifs is 1. The van der Waals surface area contributed by atoms with E-state index in [-0.39, 0.29) is 6.61 Å². The third kappa shape index (κ3) is 3.11. The molecule has 1 aliphatic heterocycles. The molecular formula is C16H14ClNO3.